The van der Waals surface area contributed by atoms with Crippen molar-refractivity contribution < 1.29 is 27.8 Å². The Balaban J connectivity index is 1.94. The molecule has 2 aromatic carbocycles. The molecule has 0 saturated heterocycles. The van der Waals surface area contributed by atoms with Gasteiger partial charge in [-0.25, -0.2) is 13.6 Å². The van der Waals surface area contributed by atoms with Gasteiger partial charge >= 0.3 is 5.97 Å². The summed E-state index contributed by atoms with van der Waals surface area (Å²) in [7, 11) is 0. The summed E-state index contributed by atoms with van der Waals surface area (Å²) in [6.45, 7) is -0.547. The predicted molar refractivity (Wildman–Crippen MR) is 76.6 cm³/mol. The Morgan fingerprint density at radius 2 is 1.74 bits per heavy atom. The lowest BCUT2D eigenvalue weighted by molar-refractivity contribution is -0.147. The van der Waals surface area contributed by atoms with E-state index < -0.39 is 41.4 Å². The second-order valence-corrected chi connectivity index (χ2v) is 4.53. The van der Waals surface area contributed by atoms with Crippen molar-refractivity contribution in [3.05, 3.63) is 65.2 Å². The lowest BCUT2D eigenvalue weighted by Crippen LogP contribution is -2.18. The summed E-state index contributed by atoms with van der Waals surface area (Å²) >= 11 is 0. The molecule has 2 N–H and O–H groups in total. The summed E-state index contributed by atoms with van der Waals surface area (Å²) in [6.07, 6.45) is 0. The van der Waals surface area contributed by atoms with Crippen LogP contribution in [0.15, 0.2) is 42.5 Å². The highest BCUT2D eigenvalue weighted by atomic mass is 19.1. The highest BCUT2D eigenvalue weighted by Gasteiger charge is 2.19. The van der Waals surface area contributed by atoms with Crippen molar-refractivity contribution >= 4 is 11.9 Å². The van der Waals surface area contributed by atoms with E-state index >= 15 is 0 Å². The Labute approximate surface area is 130 Å². The van der Waals surface area contributed by atoms with Crippen LogP contribution in [-0.4, -0.2) is 18.5 Å². The first-order valence-electron chi connectivity index (χ1n) is 6.59. The third-order valence-corrected chi connectivity index (χ3v) is 2.89. The van der Waals surface area contributed by atoms with E-state index in [1.165, 1.54) is 0 Å². The molecule has 0 aliphatic rings. The maximum Gasteiger partial charge on any atom is 0.344 e. The van der Waals surface area contributed by atoms with Crippen LogP contribution < -0.4 is 10.5 Å². The van der Waals surface area contributed by atoms with Gasteiger partial charge in [0, 0.05) is 0 Å². The van der Waals surface area contributed by atoms with Gasteiger partial charge in [-0.1, -0.05) is 30.3 Å². The molecule has 0 radical (unpaired) electrons. The fourth-order valence-corrected chi connectivity index (χ4v) is 1.79. The number of rotatable bonds is 6. The zero-order valence-electron chi connectivity index (χ0n) is 11.9. The first-order valence-corrected chi connectivity index (χ1v) is 6.59. The Hall–Kier alpha value is -2.96. The highest BCUT2D eigenvalue weighted by molar-refractivity contribution is 5.93. The van der Waals surface area contributed by atoms with E-state index in [1.54, 1.807) is 24.3 Å². The summed E-state index contributed by atoms with van der Waals surface area (Å²) in [5.74, 6) is -4.82. The lowest BCUT2D eigenvalue weighted by atomic mass is 10.1. The summed E-state index contributed by atoms with van der Waals surface area (Å²) < 4.78 is 37.0. The predicted octanol–water partition coefficient (Wildman–Crippen LogP) is 2.19. The molecule has 120 valence electrons. The first kappa shape index (κ1) is 16.4. The minimum Gasteiger partial charge on any atom is -0.479 e. The molecule has 5 nitrogen and oxygen atoms in total. The fraction of sp³-hybridized carbons (Fsp3) is 0.125. The average molecular weight is 321 g/mol. The molecule has 0 spiro atoms. The number of carbonyl (C=O) groups excluding carboxylic acids is 2. The number of hydrogen-bond donors (Lipinski definition) is 1. The van der Waals surface area contributed by atoms with Gasteiger partial charge in [0.15, 0.2) is 18.2 Å². The summed E-state index contributed by atoms with van der Waals surface area (Å²) in [6, 6.07) is 10.7. The summed E-state index contributed by atoms with van der Waals surface area (Å²) in [4.78, 5) is 22.5. The Morgan fingerprint density at radius 3 is 2.39 bits per heavy atom. The van der Waals surface area contributed by atoms with Gasteiger partial charge in [0.1, 0.15) is 18.0 Å². The van der Waals surface area contributed by atoms with Crippen molar-refractivity contribution in [1.29, 1.82) is 0 Å². The SMILES string of the molecule is NC(=O)c1c(F)ccc(OCC(=O)OCc2ccccc2)c1F. The fourth-order valence-electron chi connectivity index (χ4n) is 1.79. The minimum atomic E-state index is -1.27. The first-order chi connectivity index (χ1) is 11.0. The zero-order chi connectivity index (χ0) is 16.8. The van der Waals surface area contributed by atoms with Crippen molar-refractivity contribution in [1.82, 2.24) is 0 Å². The van der Waals surface area contributed by atoms with Crippen molar-refractivity contribution in [2.24, 2.45) is 5.73 Å². The van der Waals surface area contributed by atoms with Crippen LogP contribution in [0.2, 0.25) is 0 Å². The zero-order valence-corrected chi connectivity index (χ0v) is 11.9. The van der Waals surface area contributed by atoms with Gasteiger partial charge in [-0.05, 0) is 17.7 Å². The molecule has 0 bridgehead atoms. The maximum atomic E-state index is 13.9. The third kappa shape index (κ3) is 4.26. The lowest BCUT2D eigenvalue weighted by Gasteiger charge is -2.09. The van der Waals surface area contributed by atoms with Crippen LogP contribution >= 0.6 is 0 Å². The molecule has 7 heteroatoms. The van der Waals surface area contributed by atoms with E-state index in [1.807, 2.05) is 6.07 Å². The van der Waals surface area contributed by atoms with Crippen LogP contribution in [0.4, 0.5) is 8.78 Å². The van der Waals surface area contributed by atoms with Crippen LogP contribution in [0, 0.1) is 11.6 Å². The molecule has 23 heavy (non-hydrogen) atoms. The molecule has 0 saturated carbocycles. The van der Waals surface area contributed by atoms with Gasteiger partial charge in [0.2, 0.25) is 0 Å². The third-order valence-electron chi connectivity index (χ3n) is 2.89. The summed E-state index contributed by atoms with van der Waals surface area (Å²) in [5.41, 5.74) is 4.75. The van der Waals surface area contributed by atoms with Gasteiger partial charge in [-0.2, -0.15) is 0 Å². The molecule has 0 heterocycles. The number of carbonyl (C=O) groups is 2. The topological polar surface area (TPSA) is 78.6 Å². The number of primary amides is 1. The van der Waals surface area contributed by atoms with Crippen LogP contribution in [0.1, 0.15) is 15.9 Å². The number of nitrogens with two attached hydrogens (primary N) is 1. The van der Waals surface area contributed by atoms with Gasteiger partial charge in [0.05, 0.1) is 0 Å². The Morgan fingerprint density at radius 1 is 1.04 bits per heavy atom. The number of benzene rings is 2. The molecule has 0 aliphatic carbocycles. The highest BCUT2D eigenvalue weighted by Crippen LogP contribution is 2.23. The smallest absolute Gasteiger partial charge is 0.344 e. The molecule has 2 aromatic rings. The number of esters is 1. The molecule has 0 aromatic heterocycles. The molecule has 2 rings (SSSR count). The standard InChI is InChI=1S/C16H13F2NO4/c17-11-6-7-12(15(18)14(11)16(19)21)22-9-13(20)23-8-10-4-2-1-3-5-10/h1-7H,8-9H2,(H2,19,21). The van der Waals surface area contributed by atoms with Gasteiger partial charge in [-0.15, -0.1) is 0 Å². The van der Waals surface area contributed by atoms with Crippen LogP contribution in [0.3, 0.4) is 0 Å². The van der Waals surface area contributed by atoms with E-state index in [0.717, 1.165) is 17.7 Å². The molecule has 0 aliphatic heterocycles. The van der Waals surface area contributed by atoms with E-state index in [0.29, 0.717) is 0 Å². The van der Waals surface area contributed by atoms with Gasteiger partial charge in [0.25, 0.3) is 5.91 Å². The monoisotopic (exact) mass is 321 g/mol. The molecule has 0 fully saturated rings. The largest absolute Gasteiger partial charge is 0.479 e. The van der Waals surface area contributed by atoms with Crippen LogP contribution in [0.5, 0.6) is 5.75 Å². The molecule has 0 unspecified atom stereocenters. The van der Waals surface area contributed by atoms with E-state index in [-0.39, 0.29) is 6.61 Å². The Bertz CT molecular complexity index is 720. The molecular weight excluding hydrogens is 308 g/mol. The molecular formula is C16H13F2NO4. The maximum absolute atomic E-state index is 13.9. The van der Waals surface area contributed by atoms with Gasteiger partial charge in [-0.3, -0.25) is 4.79 Å². The second-order valence-electron chi connectivity index (χ2n) is 4.53. The Kier molecular flexibility index (Phi) is 5.24. The van der Waals surface area contributed by atoms with E-state index in [9.17, 15) is 18.4 Å². The number of ether oxygens (including phenoxy) is 2. The normalized spacial score (nSPS) is 10.2. The van der Waals surface area contributed by atoms with Crippen molar-refractivity contribution in [2.45, 2.75) is 6.61 Å². The summed E-state index contributed by atoms with van der Waals surface area (Å²) in [5, 5.41) is 0. The van der Waals surface area contributed by atoms with Crippen molar-refractivity contribution in [3.8, 4) is 5.75 Å². The van der Waals surface area contributed by atoms with Gasteiger partial charge < -0.3 is 15.2 Å². The minimum absolute atomic E-state index is 0.0431. The second kappa shape index (κ2) is 7.35. The number of hydrogen-bond acceptors (Lipinski definition) is 4. The van der Waals surface area contributed by atoms with Crippen LogP contribution in [0.25, 0.3) is 0 Å². The molecule has 1 amide bonds. The average Bonchev–Trinajstić information content (AvgIpc) is 2.53. The van der Waals surface area contributed by atoms with E-state index in [2.05, 4.69) is 0 Å². The quantitative estimate of drug-likeness (QED) is 0.827. The molecule has 0 atom stereocenters. The number of halogens is 2. The van der Waals surface area contributed by atoms with Crippen LogP contribution in [-0.2, 0) is 16.1 Å². The number of amides is 1. The van der Waals surface area contributed by atoms with E-state index in [4.69, 9.17) is 15.2 Å². The van der Waals surface area contributed by atoms with Crippen molar-refractivity contribution in [2.75, 3.05) is 6.61 Å². The van der Waals surface area contributed by atoms with Crippen molar-refractivity contribution in [3.63, 3.8) is 0 Å².